The van der Waals surface area contributed by atoms with Gasteiger partial charge >= 0.3 is 5.97 Å². The number of carbonyl (C=O) groups is 1. The number of rotatable bonds is 4. The summed E-state index contributed by atoms with van der Waals surface area (Å²) >= 11 is 12.7. The zero-order valence-corrected chi connectivity index (χ0v) is 16.6. The quantitative estimate of drug-likeness (QED) is 0.653. The lowest BCUT2D eigenvalue weighted by Crippen LogP contribution is -2.42. The van der Waals surface area contributed by atoms with Gasteiger partial charge in [-0.3, -0.25) is 0 Å². The van der Waals surface area contributed by atoms with Gasteiger partial charge in [0.15, 0.2) is 0 Å². The molecule has 9 heteroatoms. The third-order valence-electron chi connectivity index (χ3n) is 5.11. The van der Waals surface area contributed by atoms with Gasteiger partial charge in [-0.1, -0.05) is 23.2 Å². The number of esters is 1. The molecule has 1 N–H and O–H groups in total. The van der Waals surface area contributed by atoms with Crippen molar-refractivity contribution in [2.75, 3.05) is 25.2 Å². The summed E-state index contributed by atoms with van der Waals surface area (Å²) in [5.41, 5.74) is 1.35. The number of fused-ring (bicyclic) bond motifs is 1. The first-order valence-corrected chi connectivity index (χ1v) is 9.53. The number of carbonyl (C=O) groups excluding carboxylic acids is 1. The number of benzene rings is 1. The Kier molecular flexibility index (Phi) is 5.14. The van der Waals surface area contributed by atoms with Crippen LogP contribution in [0, 0.1) is 5.92 Å². The van der Waals surface area contributed by atoms with E-state index in [1.165, 1.54) is 7.11 Å². The van der Waals surface area contributed by atoms with Crippen LogP contribution in [-0.4, -0.2) is 51.9 Å². The van der Waals surface area contributed by atoms with Crippen LogP contribution in [-0.2, 0) is 9.53 Å². The molecule has 1 aromatic carbocycles. The van der Waals surface area contributed by atoms with Gasteiger partial charge in [0, 0.05) is 42.9 Å². The zero-order valence-electron chi connectivity index (χ0n) is 15.0. The molecule has 0 unspecified atom stereocenters. The second-order valence-corrected chi connectivity index (χ2v) is 7.40. The second kappa shape index (κ2) is 7.58. The average Bonchev–Trinajstić information content (AvgIpc) is 3.39. The number of imidazole rings is 1. The Morgan fingerprint density at radius 3 is 2.89 bits per heavy atom. The number of methoxy groups -OCH3 is 1. The van der Waals surface area contributed by atoms with Crippen LogP contribution in [0.3, 0.4) is 0 Å². The molecule has 0 amide bonds. The highest BCUT2D eigenvalue weighted by Crippen LogP contribution is 2.37. The maximum atomic E-state index is 12.4. The third-order valence-corrected chi connectivity index (χ3v) is 5.91. The van der Waals surface area contributed by atoms with E-state index in [2.05, 4.69) is 4.98 Å². The number of pyridine rings is 1. The highest BCUT2D eigenvalue weighted by Gasteiger charge is 2.40. The summed E-state index contributed by atoms with van der Waals surface area (Å²) in [6.07, 6.45) is 5.83. The molecule has 3 aromatic rings. The van der Waals surface area contributed by atoms with Crippen molar-refractivity contribution in [1.29, 1.82) is 0 Å². The van der Waals surface area contributed by atoms with E-state index in [4.69, 9.17) is 32.9 Å². The van der Waals surface area contributed by atoms with E-state index in [9.17, 15) is 9.90 Å². The van der Waals surface area contributed by atoms with Gasteiger partial charge in [0.05, 0.1) is 34.7 Å². The van der Waals surface area contributed by atoms with Crippen molar-refractivity contribution < 1.29 is 14.6 Å². The number of hydrogen-bond donors (Lipinski definition) is 1. The van der Waals surface area contributed by atoms with Crippen LogP contribution >= 0.6 is 23.2 Å². The van der Waals surface area contributed by atoms with Crippen LogP contribution in [0.4, 0.5) is 5.82 Å². The maximum Gasteiger partial charge on any atom is 0.328 e. The highest BCUT2D eigenvalue weighted by molar-refractivity contribution is 6.45. The molecule has 0 radical (unpaired) electrons. The maximum absolute atomic E-state index is 12.4. The standard InChI is InChI=1S/C19H18Cl2N4O3/c1-28-19(27)18-11(9-26)4-6-25(18)15-8-14(24-7-5-22-10-24)12-2-3-13(20)16(21)17(12)23-15/h2-3,5,7-8,10-11,18,26H,4,6,9H2,1H3/t11-,18-/m0/s1. The number of nitrogens with zero attached hydrogens (tertiary/aromatic N) is 4. The Morgan fingerprint density at radius 1 is 1.39 bits per heavy atom. The van der Waals surface area contributed by atoms with E-state index in [0.717, 1.165) is 11.1 Å². The number of hydrogen-bond acceptors (Lipinski definition) is 6. The summed E-state index contributed by atoms with van der Waals surface area (Å²) in [7, 11) is 1.34. The van der Waals surface area contributed by atoms with Crippen molar-refractivity contribution in [1.82, 2.24) is 14.5 Å². The van der Waals surface area contributed by atoms with Crippen LogP contribution in [0.2, 0.25) is 10.0 Å². The molecule has 28 heavy (non-hydrogen) atoms. The van der Waals surface area contributed by atoms with Crippen LogP contribution in [0.25, 0.3) is 16.6 Å². The zero-order chi connectivity index (χ0) is 19.8. The fraction of sp³-hybridized carbons (Fsp3) is 0.316. The minimum atomic E-state index is -0.617. The lowest BCUT2D eigenvalue weighted by Gasteiger charge is -2.27. The number of anilines is 1. The highest BCUT2D eigenvalue weighted by atomic mass is 35.5. The molecule has 7 nitrogen and oxygen atoms in total. The summed E-state index contributed by atoms with van der Waals surface area (Å²) in [4.78, 5) is 23.1. The SMILES string of the molecule is COC(=O)[C@@H]1[C@H](CO)CCN1c1cc(-n2ccnc2)c2ccc(Cl)c(Cl)c2n1. The smallest absolute Gasteiger partial charge is 0.328 e. The molecule has 3 heterocycles. The molecule has 2 aromatic heterocycles. The second-order valence-electron chi connectivity index (χ2n) is 6.62. The summed E-state index contributed by atoms with van der Waals surface area (Å²) in [6.45, 7) is 0.454. The first-order valence-electron chi connectivity index (χ1n) is 8.77. The lowest BCUT2D eigenvalue weighted by atomic mass is 10.0. The van der Waals surface area contributed by atoms with Crippen LogP contribution in [0.15, 0.2) is 36.9 Å². The molecular weight excluding hydrogens is 403 g/mol. The molecule has 4 rings (SSSR count). The van der Waals surface area contributed by atoms with E-state index in [0.29, 0.717) is 34.3 Å². The molecule has 2 atom stereocenters. The first-order chi connectivity index (χ1) is 13.5. The fourth-order valence-corrected chi connectivity index (χ4v) is 4.07. The Bertz CT molecular complexity index is 1030. The number of halogens is 2. The van der Waals surface area contributed by atoms with Gasteiger partial charge in [-0.25, -0.2) is 14.8 Å². The Hall–Kier alpha value is -2.35. The molecule has 146 valence electrons. The molecule has 0 aliphatic carbocycles. The van der Waals surface area contributed by atoms with Crippen molar-refractivity contribution in [3.8, 4) is 5.69 Å². The van der Waals surface area contributed by atoms with E-state index in [1.54, 1.807) is 18.6 Å². The predicted molar refractivity (Wildman–Crippen MR) is 107 cm³/mol. The van der Waals surface area contributed by atoms with Crippen LogP contribution < -0.4 is 4.90 Å². The lowest BCUT2D eigenvalue weighted by molar-refractivity contribution is -0.143. The van der Waals surface area contributed by atoms with Gasteiger partial charge in [0.1, 0.15) is 11.9 Å². The van der Waals surface area contributed by atoms with Crippen molar-refractivity contribution in [3.05, 3.63) is 47.0 Å². The van der Waals surface area contributed by atoms with Gasteiger partial charge in [-0.05, 0) is 18.6 Å². The number of aliphatic hydroxyl groups excluding tert-OH is 1. The molecule has 1 aliphatic heterocycles. The summed E-state index contributed by atoms with van der Waals surface area (Å²) in [5.74, 6) is -0.0667. The Morgan fingerprint density at radius 2 is 2.21 bits per heavy atom. The van der Waals surface area contributed by atoms with Gasteiger partial charge in [0.2, 0.25) is 0 Å². The third kappa shape index (κ3) is 3.09. The van der Waals surface area contributed by atoms with E-state index in [-0.39, 0.29) is 12.5 Å². The fourth-order valence-electron chi connectivity index (χ4n) is 3.71. The number of aliphatic hydroxyl groups is 1. The Balaban J connectivity index is 1.92. The summed E-state index contributed by atoms with van der Waals surface area (Å²) in [5, 5.41) is 11.2. The van der Waals surface area contributed by atoms with Gasteiger partial charge in [0.25, 0.3) is 0 Å². The van der Waals surface area contributed by atoms with E-state index >= 15 is 0 Å². The number of ether oxygens (including phenoxy) is 1. The number of aromatic nitrogens is 3. The average molecular weight is 421 g/mol. The van der Waals surface area contributed by atoms with Crippen LogP contribution in [0.1, 0.15) is 6.42 Å². The van der Waals surface area contributed by atoms with Crippen LogP contribution in [0.5, 0.6) is 0 Å². The Labute approximate surface area is 171 Å². The van der Waals surface area contributed by atoms with Crippen molar-refractivity contribution in [2.24, 2.45) is 5.92 Å². The van der Waals surface area contributed by atoms with Gasteiger partial charge in [-0.2, -0.15) is 0 Å². The predicted octanol–water partition coefficient (Wildman–Crippen LogP) is 3.09. The van der Waals surface area contributed by atoms with Gasteiger partial charge < -0.3 is 19.3 Å². The van der Waals surface area contributed by atoms with Crippen molar-refractivity contribution in [2.45, 2.75) is 12.5 Å². The summed E-state index contributed by atoms with van der Waals surface area (Å²) < 4.78 is 6.82. The van der Waals surface area contributed by atoms with Crippen molar-refractivity contribution in [3.63, 3.8) is 0 Å². The normalized spacial score (nSPS) is 19.4. The monoisotopic (exact) mass is 420 g/mol. The topological polar surface area (TPSA) is 80.5 Å². The molecular formula is C19H18Cl2N4O3. The largest absolute Gasteiger partial charge is 0.467 e. The van der Waals surface area contributed by atoms with E-state index < -0.39 is 12.0 Å². The molecule has 0 spiro atoms. The minimum absolute atomic E-state index is 0.106. The molecule has 0 saturated carbocycles. The van der Waals surface area contributed by atoms with E-state index in [1.807, 2.05) is 27.8 Å². The molecule has 1 fully saturated rings. The molecule has 0 bridgehead atoms. The minimum Gasteiger partial charge on any atom is -0.467 e. The first kappa shape index (κ1) is 19.0. The van der Waals surface area contributed by atoms with Gasteiger partial charge in [-0.15, -0.1) is 0 Å². The molecule has 1 aliphatic rings. The molecule has 1 saturated heterocycles. The summed E-state index contributed by atoms with van der Waals surface area (Å²) in [6, 6.07) is 4.84. The van der Waals surface area contributed by atoms with Crippen molar-refractivity contribution >= 4 is 45.9 Å².